The highest BCUT2D eigenvalue weighted by molar-refractivity contribution is 5.91. The van der Waals surface area contributed by atoms with Crippen LogP contribution >= 0.6 is 0 Å². The van der Waals surface area contributed by atoms with Crippen LogP contribution in [0.4, 0.5) is 13.2 Å². The summed E-state index contributed by atoms with van der Waals surface area (Å²) in [7, 11) is 0. The molecule has 3 rings (SSSR count). The number of furan rings is 1. The van der Waals surface area contributed by atoms with Crippen molar-refractivity contribution in [1.29, 1.82) is 0 Å². The van der Waals surface area contributed by atoms with Crippen LogP contribution in [0.3, 0.4) is 0 Å². The monoisotopic (exact) mass is 338 g/mol. The molecule has 0 saturated carbocycles. The molecule has 128 valence electrons. The van der Waals surface area contributed by atoms with Crippen LogP contribution < -0.4 is 0 Å². The van der Waals surface area contributed by atoms with Gasteiger partial charge in [-0.2, -0.15) is 13.2 Å². The highest BCUT2D eigenvalue weighted by Gasteiger charge is 2.33. The molecule has 1 aromatic heterocycles. The average molecular weight is 338 g/mol. The van der Waals surface area contributed by atoms with Crippen LogP contribution in [-0.4, -0.2) is 41.9 Å². The minimum Gasteiger partial charge on any atom is -0.459 e. The van der Waals surface area contributed by atoms with Gasteiger partial charge >= 0.3 is 6.18 Å². The van der Waals surface area contributed by atoms with Gasteiger partial charge in [0.05, 0.1) is 11.8 Å². The summed E-state index contributed by atoms with van der Waals surface area (Å²) in [5.74, 6) is 0.0983. The van der Waals surface area contributed by atoms with E-state index < -0.39 is 11.7 Å². The van der Waals surface area contributed by atoms with E-state index in [1.165, 1.54) is 18.4 Å². The highest BCUT2D eigenvalue weighted by atomic mass is 19.4. The number of halogens is 3. The number of nitrogens with zero attached hydrogens (tertiary/aromatic N) is 2. The van der Waals surface area contributed by atoms with Crippen LogP contribution in [0.1, 0.15) is 21.7 Å². The molecule has 0 atom stereocenters. The third-order valence-corrected chi connectivity index (χ3v) is 4.11. The Kier molecular flexibility index (Phi) is 4.62. The second kappa shape index (κ2) is 6.68. The number of rotatable bonds is 3. The van der Waals surface area contributed by atoms with Gasteiger partial charge in [0.15, 0.2) is 5.76 Å². The van der Waals surface area contributed by atoms with E-state index in [9.17, 15) is 18.0 Å². The van der Waals surface area contributed by atoms with E-state index in [1.807, 2.05) is 4.90 Å². The Bertz CT molecular complexity index is 690. The van der Waals surface area contributed by atoms with E-state index in [0.29, 0.717) is 26.2 Å². The Balaban J connectivity index is 1.61. The molecule has 1 saturated heterocycles. The number of carbonyl (C=O) groups is 1. The number of alkyl halides is 3. The van der Waals surface area contributed by atoms with E-state index in [0.717, 1.165) is 6.07 Å². The second-order valence-electron chi connectivity index (χ2n) is 5.70. The van der Waals surface area contributed by atoms with E-state index in [2.05, 4.69) is 0 Å². The highest BCUT2D eigenvalue weighted by Crippen LogP contribution is 2.32. The first-order valence-electron chi connectivity index (χ1n) is 7.65. The van der Waals surface area contributed by atoms with Gasteiger partial charge in [-0.15, -0.1) is 0 Å². The quantitative estimate of drug-likeness (QED) is 0.862. The van der Waals surface area contributed by atoms with Gasteiger partial charge in [0.1, 0.15) is 0 Å². The van der Waals surface area contributed by atoms with Gasteiger partial charge in [0, 0.05) is 32.7 Å². The molecule has 1 amide bonds. The topological polar surface area (TPSA) is 36.7 Å². The SMILES string of the molecule is O=C(c1ccco1)N1CCN(Cc2ccccc2C(F)(F)F)CC1. The first kappa shape index (κ1) is 16.6. The lowest BCUT2D eigenvalue weighted by Gasteiger charge is -2.34. The molecule has 0 N–H and O–H groups in total. The zero-order chi connectivity index (χ0) is 17.2. The molecule has 24 heavy (non-hydrogen) atoms. The molecule has 0 bridgehead atoms. The molecule has 1 aliphatic rings. The summed E-state index contributed by atoms with van der Waals surface area (Å²) in [6.07, 6.45) is -2.91. The van der Waals surface area contributed by atoms with Crippen LogP contribution in [0.15, 0.2) is 47.1 Å². The third kappa shape index (κ3) is 3.62. The summed E-state index contributed by atoms with van der Waals surface area (Å²) < 4.78 is 44.2. The molecular formula is C17H17F3N2O2. The van der Waals surface area contributed by atoms with Gasteiger partial charge in [-0.1, -0.05) is 18.2 Å². The van der Waals surface area contributed by atoms with Crippen LogP contribution in [0, 0.1) is 0 Å². The van der Waals surface area contributed by atoms with Gasteiger partial charge in [-0.05, 0) is 23.8 Å². The number of hydrogen-bond acceptors (Lipinski definition) is 3. The lowest BCUT2D eigenvalue weighted by atomic mass is 10.1. The first-order valence-corrected chi connectivity index (χ1v) is 7.65. The Morgan fingerprint density at radius 2 is 1.75 bits per heavy atom. The third-order valence-electron chi connectivity index (χ3n) is 4.11. The van der Waals surface area contributed by atoms with Crippen molar-refractivity contribution >= 4 is 5.91 Å². The van der Waals surface area contributed by atoms with Gasteiger partial charge < -0.3 is 9.32 Å². The molecule has 1 aliphatic heterocycles. The summed E-state index contributed by atoms with van der Waals surface area (Å²) in [4.78, 5) is 15.8. The van der Waals surface area contributed by atoms with Gasteiger partial charge in [0.25, 0.3) is 5.91 Å². The Morgan fingerprint density at radius 1 is 1.04 bits per heavy atom. The van der Waals surface area contributed by atoms with Crippen LogP contribution in [0.25, 0.3) is 0 Å². The number of hydrogen-bond donors (Lipinski definition) is 0. The van der Waals surface area contributed by atoms with E-state index >= 15 is 0 Å². The maximum absolute atomic E-state index is 13.0. The molecule has 0 unspecified atom stereocenters. The van der Waals surface area contributed by atoms with Crippen LogP contribution in [-0.2, 0) is 12.7 Å². The number of benzene rings is 1. The van der Waals surface area contributed by atoms with E-state index in [-0.39, 0.29) is 23.8 Å². The minimum absolute atomic E-state index is 0.185. The fraction of sp³-hybridized carbons (Fsp3) is 0.353. The Morgan fingerprint density at radius 3 is 2.38 bits per heavy atom. The molecular weight excluding hydrogens is 321 g/mol. The lowest BCUT2D eigenvalue weighted by Crippen LogP contribution is -2.48. The Labute approximate surface area is 137 Å². The lowest BCUT2D eigenvalue weighted by molar-refractivity contribution is -0.138. The number of carbonyl (C=O) groups excluding carboxylic acids is 1. The zero-order valence-corrected chi connectivity index (χ0v) is 12.9. The fourth-order valence-electron chi connectivity index (χ4n) is 2.84. The minimum atomic E-state index is -4.35. The molecule has 1 fully saturated rings. The summed E-state index contributed by atoms with van der Waals surface area (Å²) in [5.41, 5.74) is -0.338. The maximum Gasteiger partial charge on any atom is 0.416 e. The van der Waals surface area contributed by atoms with E-state index in [1.54, 1.807) is 23.1 Å². The predicted molar refractivity (Wildman–Crippen MR) is 81.3 cm³/mol. The predicted octanol–water partition coefficient (Wildman–Crippen LogP) is 3.26. The van der Waals surface area contributed by atoms with E-state index in [4.69, 9.17) is 4.42 Å². The van der Waals surface area contributed by atoms with Crippen molar-refractivity contribution in [1.82, 2.24) is 9.80 Å². The smallest absolute Gasteiger partial charge is 0.416 e. The molecule has 1 aromatic carbocycles. The molecule has 2 aromatic rings. The summed E-state index contributed by atoms with van der Waals surface area (Å²) in [5, 5.41) is 0. The van der Waals surface area contributed by atoms with Crippen LogP contribution in [0.2, 0.25) is 0 Å². The first-order chi connectivity index (χ1) is 11.4. The average Bonchev–Trinajstić information content (AvgIpc) is 3.09. The van der Waals surface area contributed by atoms with Crippen molar-refractivity contribution in [3.05, 3.63) is 59.5 Å². The van der Waals surface area contributed by atoms with Crippen molar-refractivity contribution < 1.29 is 22.4 Å². The van der Waals surface area contributed by atoms with Crippen molar-refractivity contribution in [2.45, 2.75) is 12.7 Å². The Hall–Kier alpha value is -2.28. The standard InChI is InChI=1S/C17H17F3N2O2/c18-17(19,20)14-5-2-1-4-13(14)12-21-7-9-22(10-8-21)16(23)15-6-3-11-24-15/h1-6,11H,7-10,12H2. The summed E-state index contributed by atoms with van der Waals surface area (Å²) in [6.45, 7) is 2.21. The van der Waals surface area contributed by atoms with Crippen molar-refractivity contribution in [3.63, 3.8) is 0 Å². The molecule has 7 heteroatoms. The van der Waals surface area contributed by atoms with Gasteiger partial charge in [-0.25, -0.2) is 0 Å². The normalized spacial score (nSPS) is 16.4. The summed E-state index contributed by atoms with van der Waals surface area (Å²) in [6, 6.07) is 8.87. The second-order valence-corrected chi connectivity index (χ2v) is 5.70. The van der Waals surface area contributed by atoms with Crippen molar-refractivity contribution in [3.8, 4) is 0 Å². The summed E-state index contributed by atoms with van der Waals surface area (Å²) >= 11 is 0. The molecule has 0 aliphatic carbocycles. The van der Waals surface area contributed by atoms with Crippen molar-refractivity contribution in [2.75, 3.05) is 26.2 Å². The maximum atomic E-state index is 13.0. The van der Waals surface area contributed by atoms with Crippen LogP contribution in [0.5, 0.6) is 0 Å². The molecule has 4 nitrogen and oxygen atoms in total. The fourth-order valence-corrected chi connectivity index (χ4v) is 2.84. The van der Waals surface area contributed by atoms with Gasteiger partial charge in [0.2, 0.25) is 0 Å². The molecule has 2 heterocycles. The largest absolute Gasteiger partial charge is 0.459 e. The van der Waals surface area contributed by atoms with Crippen molar-refractivity contribution in [2.24, 2.45) is 0 Å². The van der Waals surface area contributed by atoms with Gasteiger partial charge in [-0.3, -0.25) is 9.69 Å². The zero-order valence-electron chi connectivity index (χ0n) is 12.9. The molecule has 0 radical (unpaired) electrons. The molecule has 0 spiro atoms. The number of piperazine rings is 1. The number of amides is 1.